The molecule has 110 valence electrons. The lowest BCUT2D eigenvalue weighted by Crippen LogP contribution is -2.34. The van der Waals surface area contributed by atoms with E-state index in [0.717, 1.165) is 0 Å². The highest BCUT2D eigenvalue weighted by molar-refractivity contribution is 6.00. The molecule has 1 heterocycles. The molecule has 0 spiro atoms. The predicted octanol–water partition coefficient (Wildman–Crippen LogP) is 2.81. The number of carbonyl (C=O) groups excluding carboxylic acids is 1. The monoisotopic (exact) mass is 286 g/mol. The van der Waals surface area contributed by atoms with Gasteiger partial charge in [0.1, 0.15) is 6.04 Å². The van der Waals surface area contributed by atoms with E-state index in [1.54, 1.807) is 13.1 Å². The number of anilines is 1. The van der Waals surface area contributed by atoms with Gasteiger partial charge in [-0.25, -0.2) is 0 Å². The van der Waals surface area contributed by atoms with Crippen molar-refractivity contribution in [1.82, 2.24) is 5.32 Å². The highest BCUT2D eigenvalue weighted by Crippen LogP contribution is 2.36. The molecule has 1 aliphatic heterocycles. The number of hydrogen-bond donors (Lipinski definition) is 1. The Kier molecular flexibility index (Phi) is 4.04. The molecule has 1 aromatic carbocycles. The largest absolute Gasteiger partial charge is 0.407 e. The van der Waals surface area contributed by atoms with E-state index in [-0.39, 0.29) is 17.9 Å². The molecule has 1 unspecified atom stereocenters. The molecule has 1 aliphatic rings. The minimum absolute atomic E-state index is 0.0952. The van der Waals surface area contributed by atoms with Crippen LogP contribution in [0.1, 0.15) is 30.5 Å². The summed E-state index contributed by atoms with van der Waals surface area (Å²) in [6.45, 7) is 2.11. The number of likely N-dealkylation sites (N-methyl/N-ethyl adjacent to an activating group) is 1. The van der Waals surface area contributed by atoms with Crippen LogP contribution in [0.3, 0.4) is 0 Å². The Labute approximate surface area is 115 Å². The lowest BCUT2D eigenvalue weighted by atomic mass is 10.0. The fourth-order valence-electron chi connectivity index (χ4n) is 2.38. The molecule has 0 fully saturated rings. The number of nitrogens with one attached hydrogen (secondary N) is 1. The van der Waals surface area contributed by atoms with Crippen molar-refractivity contribution in [1.29, 1.82) is 0 Å². The van der Waals surface area contributed by atoms with Crippen molar-refractivity contribution < 1.29 is 18.0 Å². The van der Waals surface area contributed by atoms with Gasteiger partial charge >= 0.3 is 6.18 Å². The molecule has 1 atom stereocenters. The molecule has 1 aromatic rings. The number of carbonyl (C=O) groups is 1. The zero-order valence-corrected chi connectivity index (χ0v) is 11.4. The Morgan fingerprint density at radius 2 is 2.10 bits per heavy atom. The van der Waals surface area contributed by atoms with Crippen molar-refractivity contribution in [3.63, 3.8) is 0 Å². The maximum atomic E-state index is 13.1. The lowest BCUT2D eigenvalue weighted by Gasteiger charge is -2.22. The summed E-state index contributed by atoms with van der Waals surface area (Å²) in [4.78, 5) is 13.0. The molecule has 6 heteroatoms. The van der Waals surface area contributed by atoms with E-state index in [0.29, 0.717) is 24.2 Å². The van der Waals surface area contributed by atoms with E-state index >= 15 is 0 Å². The third kappa shape index (κ3) is 2.80. The molecule has 1 N–H and O–H groups in total. The van der Waals surface area contributed by atoms with E-state index in [9.17, 15) is 18.0 Å². The molecule has 0 saturated heterocycles. The van der Waals surface area contributed by atoms with E-state index in [1.165, 1.54) is 17.0 Å². The van der Waals surface area contributed by atoms with Crippen molar-refractivity contribution in [2.24, 2.45) is 0 Å². The third-order valence-corrected chi connectivity index (χ3v) is 3.44. The first-order chi connectivity index (χ1) is 9.34. The summed E-state index contributed by atoms with van der Waals surface area (Å²) in [5, 5.41) is 2.52. The predicted molar refractivity (Wildman–Crippen MR) is 70.6 cm³/mol. The van der Waals surface area contributed by atoms with Crippen LogP contribution in [0.2, 0.25) is 0 Å². The van der Waals surface area contributed by atoms with Crippen LogP contribution in [0.4, 0.5) is 18.9 Å². The molecule has 20 heavy (non-hydrogen) atoms. The van der Waals surface area contributed by atoms with Crippen LogP contribution in [0.25, 0.3) is 0 Å². The minimum Gasteiger partial charge on any atom is -0.315 e. The summed E-state index contributed by atoms with van der Waals surface area (Å²) >= 11 is 0. The Hall–Kier alpha value is -1.56. The molecule has 2 rings (SSSR count). The topological polar surface area (TPSA) is 32.3 Å². The van der Waals surface area contributed by atoms with Crippen LogP contribution in [0.5, 0.6) is 0 Å². The number of hydrogen-bond acceptors (Lipinski definition) is 2. The summed E-state index contributed by atoms with van der Waals surface area (Å²) in [6.07, 6.45) is -3.56. The van der Waals surface area contributed by atoms with Gasteiger partial charge in [0.25, 0.3) is 0 Å². The van der Waals surface area contributed by atoms with Gasteiger partial charge in [-0.2, -0.15) is 13.2 Å². The zero-order chi connectivity index (χ0) is 14.9. The Morgan fingerprint density at radius 3 is 2.70 bits per heavy atom. The van der Waals surface area contributed by atoms with Crippen molar-refractivity contribution in [2.45, 2.75) is 32.0 Å². The van der Waals surface area contributed by atoms with Gasteiger partial charge in [0, 0.05) is 12.7 Å². The number of benzene rings is 1. The molecular weight excluding hydrogens is 269 g/mol. The molecule has 0 aromatic heterocycles. The van der Waals surface area contributed by atoms with Crippen molar-refractivity contribution in [3.05, 3.63) is 29.3 Å². The van der Waals surface area contributed by atoms with Crippen molar-refractivity contribution in [3.8, 4) is 0 Å². The van der Waals surface area contributed by atoms with Crippen LogP contribution in [-0.4, -0.2) is 25.7 Å². The molecule has 0 bridgehead atoms. The van der Waals surface area contributed by atoms with Gasteiger partial charge in [-0.05, 0) is 30.2 Å². The molecule has 1 amide bonds. The Morgan fingerprint density at radius 1 is 1.40 bits per heavy atom. The average molecular weight is 286 g/mol. The summed E-state index contributed by atoms with van der Waals surface area (Å²) in [5.41, 5.74) is 1.51. The average Bonchev–Trinajstić information content (AvgIpc) is 2.64. The smallest absolute Gasteiger partial charge is 0.315 e. The molecular formula is C14H17F3N2O. The number of amides is 1. The van der Waals surface area contributed by atoms with E-state index in [4.69, 9.17) is 0 Å². The number of alkyl halides is 3. The summed E-state index contributed by atoms with van der Waals surface area (Å²) in [7, 11) is 1.63. The number of fused-ring (bicyclic) bond motifs is 1. The van der Waals surface area contributed by atoms with E-state index in [1.807, 2.05) is 6.92 Å². The molecule has 0 aliphatic carbocycles. The first-order valence-electron chi connectivity index (χ1n) is 6.54. The van der Waals surface area contributed by atoms with E-state index < -0.39 is 12.2 Å². The number of rotatable bonds is 4. The normalized spacial score (nSPS) is 16.4. The van der Waals surface area contributed by atoms with Gasteiger partial charge in [0.05, 0.1) is 6.42 Å². The maximum Gasteiger partial charge on any atom is 0.407 e. The van der Waals surface area contributed by atoms with Gasteiger partial charge in [-0.1, -0.05) is 19.1 Å². The Balaban J connectivity index is 2.32. The first kappa shape index (κ1) is 14.8. The van der Waals surface area contributed by atoms with Gasteiger partial charge < -0.3 is 10.2 Å². The third-order valence-electron chi connectivity index (χ3n) is 3.44. The van der Waals surface area contributed by atoms with Gasteiger partial charge in [-0.15, -0.1) is 0 Å². The van der Waals surface area contributed by atoms with Crippen molar-refractivity contribution in [2.75, 3.05) is 18.5 Å². The SMILES string of the molecule is CCCNC(c1ccc2c(c1)CC(=O)N2C)C(F)(F)F. The van der Waals surface area contributed by atoms with Gasteiger partial charge in [-0.3, -0.25) is 4.79 Å². The van der Waals surface area contributed by atoms with Crippen LogP contribution < -0.4 is 10.2 Å². The quantitative estimate of drug-likeness (QED) is 0.923. The van der Waals surface area contributed by atoms with Crippen LogP contribution in [0.15, 0.2) is 18.2 Å². The lowest BCUT2D eigenvalue weighted by molar-refractivity contribution is -0.157. The highest BCUT2D eigenvalue weighted by Gasteiger charge is 2.41. The second-order valence-corrected chi connectivity index (χ2v) is 4.95. The summed E-state index contributed by atoms with van der Waals surface area (Å²) in [5.74, 6) is -0.0952. The maximum absolute atomic E-state index is 13.1. The number of nitrogens with zero attached hydrogens (tertiary/aromatic N) is 1. The summed E-state index contributed by atoms with van der Waals surface area (Å²) in [6, 6.07) is 2.82. The highest BCUT2D eigenvalue weighted by atomic mass is 19.4. The second kappa shape index (κ2) is 5.44. The summed E-state index contributed by atoms with van der Waals surface area (Å²) < 4.78 is 39.3. The molecule has 3 nitrogen and oxygen atoms in total. The number of halogens is 3. The molecule has 0 radical (unpaired) electrons. The van der Waals surface area contributed by atoms with Crippen LogP contribution in [-0.2, 0) is 11.2 Å². The van der Waals surface area contributed by atoms with Crippen LogP contribution >= 0.6 is 0 Å². The second-order valence-electron chi connectivity index (χ2n) is 4.95. The Bertz CT molecular complexity index is 514. The fourth-order valence-corrected chi connectivity index (χ4v) is 2.38. The van der Waals surface area contributed by atoms with Crippen LogP contribution in [0, 0.1) is 0 Å². The van der Waals surface area contributed by atoms with E-state index in [2.05, 4.69) is 5.32 Å². The molecule has 0 saturated carbocycles. The first-order valence-corrected chi connectivity index (χ1v) is 6.54. The standard InChI is InChI=1S/C14H17F3N2O/c1-3-6-18-13(14(15,16)17)9-4-5-11-10(7-9)8-12(20)19(11)2/h4-5,7,13,18H,3,6,8H2,1-2H3. The fraction of sp³-hybridized carbons (Fsp3) is 0.500. The zero-order valence-electron chi connectivity index (χ0n) is 11.4. The van der Waals surface area contributed by atoms with Gasteiger partial charge in [0.15, 0.2) is 0 Å². The van der Waals surface area contributed by atoms with Gasteiger partial charge in [0.2, 0.25) is 5.91 Å². The van der Waals surface area contributed by atoms with Crippen molar-refractivity contribution >= 4 is 11.6 Å². The minimum atomic E-state index is -4.35.